The first kappa shape index (κ1) is 18.4. The van der Waals surface area contributed by atoms with Gasteiger partial charge in [-0.1, -0.05) is 15.9 Å². The zero-order valence-corrected chi connectivity index (χ0v) is 15.9. The number of carbonyl (C=O) groups is 1. The van der Waals surface area contributed by atoms with Crippen molar-refractivity contribution in [1.82, 2.24) is 15.2 Å². The summed E-state index contributed by atoms with van der Waals surface area (Å²) in [6.45, 7) is 3.64. The number of benzene rings is 1. The van der Waals surface area contributed by atoms with E-state index in [-0.39, 0.29) is 5.91 Å². The summed E-state index contributed by atoms with van der Waals surface area (Å²) < 4.78 is 1.04. The molecule has 0 fully saturated rings. The van der Waals surface area contributed by atoms with Crippen LogP contribution in [0.4, 0.5) is 11.5 Å². The molecule has 0 aliphatic rings. The second-order valence-electron chi connectivity index (χ2n) is 5.93. The molecule has 5 nitrogen and oxygen atoms in total. The summed E-state index contributed by atoms with van der Waals surface area (Å²) in [5.41, 5.74) is 2.68. The second-order valence-corrected chi connectivity index (χ2v) is 6.84. The number of amides is 1. The SMILES string of the molecule is Cc1cc(Br)ccc1Nc1ccc(C(=O)NCCCN(C)C)cn1. The van der Waals surface area contributed by atoms with Crippen LogP contribution in [-0.4, -0.2) is 43.0 Å². The van der Waals surface area contributed by atoms with E-state index in [4.69, 9.17) is 0 Å². The van der Waals surface area contributed by atoms with Gasteiger partial charge in [-0.3, -0.25) is 4.79 Å². The number of aryl methyl sites for hydroxylation is 1. The number of anilines is 2. The molecular formula is C18H23BrN4O. The van der Waals surface area contributed by atoms with E-state index in [1.807, 2.05) is 45.3 Å². The average molecular weight is 391 g/mol. The Bertz CT molecular complexity index is 686. The largest absolute Gasteiger partial charge is 0.352 e. The minimum Gasteiger partial charge on any atom is -0.352 e. The Balaban J connectivity index is 1.91. The maximum absolute atomic E-state index is 12.1. The molecule has 0 aliphatic carbocycles. The molecule has 0 saturated carbocycles. The molecule has 1 aromatic heterocycles. The quantitative estimate of drug-likeness (QED) is 0.709. The number of hydrogen-bond donors (Lipinski definition) is 2. The molecule has 0 unspecified atom stereocenters. The molecule has 1 amide bonds. The molecule has 0 aliphatic heterocycles. The highest BCUT2D eigenvalue weighted by Gasteiger charge is 2.06. The molecule has 6 heteroatoms. The van der Waals surface area contributed by atoms with Crippen molar-refractivity contribution in [2.45, 2.75) is 13.3 Å². The van der Waals surface area contributed by atoms with E-state index in [1.54, 1.807) is 12.3 Å². The Morgan fingerprint density at radius 1 is 1.25 bits per heavy atom. The van der Waals surface area contributed by atoms with Crippen LogP contribution in [0, 0.1) is 6.92 Å². The van der Waals surface area contributed by atoms with Gasteiger partial charge >= 0.3 is 0 Å². The molecule has 0 radical (unpaired) electrons. The van der Waals surface area contributed by atoms with Gasteiger partial charge in [0, 0.05) is 22.9 Å². The van der Waals surface area contributed by atoms with Gasteiger partial charge in [-0.2, -0.15) is 0 Å². The number of rotatable bonds is 7. The summed E-state index contributed by atoms with van der Waals surface area (Å²) in [4.78, 5) is 18.5. The van der Waals surface area contributed by atoms with Gasteiger partial charge in [0.2, 0.25) is 0 Å². The molecule has 1 aromatic carbocycles. The Labute approximate surface area is 151 Å². The minimum absolute atomic E-state index is 0.0902. The van der Waals surface area contributed by atoms with Gasteiger partial charge in [0.25, 0.3) is 5.91 Å². The first-order valence-electron chi connectivity index (χ1n) is 7.88. The van der Waals surface area contributed by atoms with Crippen LogP contribution in [0.15, 0.2) is 41.0 Å². The van der Waals surface area contributed by atoms with Crippen LogP contribution in [0.25, 0.3) is 0 Å². The molecular weight excluding hydrogens is 368 g/mol. The molecule has 2 aromatic rings. The predicted molar refractivity (Wildman–Crippen MR) is 102 cm³/mol. The number of halogens is 1. The molecule has 24 heavy (non-hydrogen) atoms. The minimum atomic E-state index is -0.0902. The fourth-order valence-electron chi connectivity index (χ4n) is 2.21. The number of pyridine rings is 1. The topological polar surface area (TPSA) is 57.3 Å². The van der Waals surface area contributed by atoms with Crippen molar-refractivity contribution >= 4 is 33.3 Å². The van der Waals surface area contributed by atoms with Crippen molar-refractivity contribution in [3.8, 4) is 0 Å². The standard InChI is InChI=1S/C18H23BrN4O/c1-13-11-15(19)6-7-16(13)22-17-8-5-14(12-21-17)18(24)20-9-4-10-23(2)3/h5-8,11-12H,4,9-10H2,1-3H3,(H,20,24)(H,21,22). The molecule has 0 spiro atoms. The predicted octanol–water partition coefficient (Wildman–Crippen LogP) is 3.58. The van der Waals surface area contributed by atoms with Gasteiger partial charge in [0.15, 0.2) is 0 Å². The van der Waals surface area contributed by atoms with Crippen molar-refractivity contribution < 1.29 is 4.79 Å². The summed E-state index contributed by atoms with van der Waals surface area (Å²) >= 11 is 3.45. The molecule has 0 atom stereocenters. The van der Waals surface area contributed by atoms with Crippen LogP contribution in [0.2, 0.25) is 0 Å². The Hall–Kier alpha value is -1.92. The highest BCUT2D eigenvalue weighted by Crippen LogP contribution is 2.22. The normalized spacial score (nSPS) is 10.7. The lowest BCUT2D eigenvalue weighted by Crippen LogP contribution is -2.27. The summed E-state index contributed by atoms with van der Waals surface area (Å²) in [6, 6.07) is 9.61. The van der Waals surface area contributed by atoms with Crippen LogP contribution in [-0.2, 0) is 0 Å². The lowest BCUT2D eigenvalue weighted by molar-refractivity contribution is 0.0952. The van der Waals surface area contributed by atoms with E-state index < -0.39 is 0 Å². The van der Waals surface area contributed by atoms with E-state index in [2.05, 4.69) is 36.4 Å². The van der Waals surface area contributed by atoms with Crippen LogP contribution in [0.3, 0.4) is 0 Å². The third-order valence-corrected chi connectivity index (χ3v) is 4.04. The van der Waals surface area contributed by atoms with Crippen LogP contribution >= 0.6 is 15.9 Å². The van der Waals surface area contributed by atoms with Crippen LogP contribution < -0.4 is 10.6 Å². The number of carbonyl (C=O) groups excluding carboxylic acids is 1. The lowest BCUT2D eigenvalue weighted by atomic mass is 10.2. The highest BCUT2D eigenvalue weighted by atomic mass is 79.9. The summed E-state index contributed by atoms with van der Waals surface area (Å²) in [7, 11) is 4.04. The molecule has 2 rings (SSSR count). The van der Waals surface area contributed by atoms with Crippen molar-refractivity contribution in [2.75, 3.05) is 32.5 Å². The third-order valence-electron chi connectivity index (χ3n) is 3.54. The summed E-state index contributed by atoms with van der Waals surface area (Å²) in [5.74, 6) is 0.622. The van der Waals surface area contributed by atoms with Crippen LogP contribution in [0.1, 0.15) is 22.3 Å². The number of nitrogens with one attached hydrogen (secondary N) is 2. The fraction of sp³-hybridized carbons (Fsp3) is 0.333. The number of nitrogens with zero attached hydrogens (tertiary/aromatic N) is 2. The van der Waals surface area contributed by atoms with Gasteiger partial charge in [-0.15, -0.1) is 0 Å². The average Bonchev–Trinajstić information content (AvgIpc) is 2.54. The first-order chi connectivity index (χ1) is 11.5. The molecule has 128 valence electrons. The Kier molecular flexibility index (Phi) is 6.75. The van der Waals surface area contributed by atoms with Crippen LogP contribution in [0.5, 0.6) is 0 Å². The molecule has 1 heterocycles. The van der Waals surface area contributed by atoms with E-state index in [0.717, 1.165) is 28.7 Å². The van der Waals surface area contributed by atoms with Crippen molar-refractivity contribution in [3.63, 3.8) is 0 Å². The Morgan fingerprint density at radius 2 is 2.04 bits per heavy atom. The molecule has 0 saturated heterocycles. The summed E-state index contributed by atoms with van der Waals surface area (Å²) in [6.07, 6.45) is 2.52. The van der Waals surface area contributed by atoms with E-state index in [9.17, 15) is 4.79 Å². The highest BCUT2D eigenvalue weighted by molar-refractivity contribution is 9.10. The van der Waals surface area contributed by atoms with Gasteiger partial charge in [-0.25, -0.2) is 4.98 Å². The van der Waals surface area contributed by atoms with Gasteiger partial charge in [0.1, 0.15) is 5.82 Å². The second kappa shape index (κ2) is 8.80. The Morgan fingerprint density at radius 3 is 2.67 bits per heavy atom. The van der Waals surface area contributed by atoms with Gasteiger partial charge in [0.05, 0.1) is 5.56 Å². The number of hydrogen-bond acceptors (Lipinski definition) is 4. The van der Waals surface area contributed by atoms with Crippen molar-refractivity contribution in [2.24, 2.45) is 0 Å². The van der Waals surface area contributed by atoms with Crippen molar-refractivity contribution in [1.29, 1.82) is 0 Å². The maximum Gasteiger partial charge on any atom is 0.252 e. The van der Waals surface area contributed by atoms with E-state index >= 15 is 0 Å². The van der Waals surface area contributed by atoms with Crippen molar-refractivity contribution in [3.05, 3.63) is 52.1 Å². The molecule has 2 N–H and O–H groups in total. The smallest absolute Gasteiger partial charge is 0.252 e. The zero-order chi connectivity index (χ0) is 17.5. The van der Waals surface area contributed by atoms with E-state index in [1.165, 1.54) is 0 Å². The monoisotopic (exact) mass is 390 g/mol. The maximum atomic E-state index is 12.1. The zero-order valence-electron chi connectivity index (χ0n) is 14.3. The fourth-order valence-corrected chi connectivity index (χ4v) is 2.68. The van der Waals surface area contributed by atoms with Gasteiger partial charge < -0.3 is 15.5 Å². The lowest BCUT2D eigenvalue weighted by Gasteiger charge is -2.11. The first-order valence-corrected chi connectivity index (χ1v) is 8.67. The third kappa shape index (κ3) is 5.62. The number of aromatic nitrogens is 1. The van der Waals surface area contributed by atoms with Gasteiger partial charge in [-0.05, 0) is 69.9 Å². The molecule has 0 bridgehead atoms. The summed E-state index contributed by atoms with van der Waals surface area (Å²) in [5, 5.41) is 6.17. The van der Waals surface area contributed by atoms with E-state index in [0.29, 0.717) is 17.9 Å².